The molecular formula is C34H49N3O5. The summed E-state index contributed by atoms with van der Waals surface area (Å²) in [4.78, 5) is 28.3. The average molecular weight is 580 g/mol. The van der Waals surface area contributed by atoms with Gasteiger partial charge in [-0.25, -0.2) is 0 Å². The fraction of sp³-hybridized carbons (Fsp3) is 0.471. The number of benzene rings is 2. The Kier molecular flexibility index (Phi) is 15.4. The maximum atomic E-state index is 13.6. The van der Waals surface area contributed by atoms with Gasteiger partial charge in [-0.3, -0.25) is 9.59 Å². The zero-order valence-corrected chi connectivity index (χ0v) is 25.7. The molecule has 4 atom stereocenters. The van der Waals surface area contributed by atoms with Crippen LogP contribution < -0.4 is 20.1 Å². The fourth-order valence-electron chi connectivity index (χ4n) is 4.77. The Hall–Kier alpha value is -3.62. The summed E-state index contributed by atoms with van der Waals surface area (Å²) in [6.45, 7) is 12.5. The molecule has 0 saturated heterocycles. The predicted molar refractivity (Wildman–Crippen MR) is 169 cm³/mol. The van der Waals surface area contributed by atoms with E-state index in [0.29, 0.717) is 37.5 Å². The number of carbonyl (C=O) groups excluding carboxylic acids is 2. The van der Waals surface area contributed by atoms with E-state index in [0.717, 1.165) is 30.4 Å². The molecule has 8 nitrogen and oxygen atoms in total. The molecule has 0 unspecified atom stereocenters. The van der Waals surface area contributed by atoms with Crippen LogP contribution in [0, 0.1) is 5.92 Å². The molecule has 0 aliphatic heterocycles. The first-order valence-electron chi connectivity index (χ1n) is 14.8. The largest absolute Gasteiger partial charge is 0.497 e. The number of carbonyl (C=O) groups is 2. The highest BCUT2D eigenvalue weighted by Gasteiger charge is 2.31. The highest BCUT2D eigenvalue weighted by molar-refractivity contribution is 5.88. The van der Waals surface area contributed by atoms with E-state index in [4.69, 9.17) is 9.47 Å². The first kappa shape index (κ1) is 34.6. The lowest BCUT2D eigenvalue weighted by molar-refractivity contribution is -0.142. The Bertz CT molecular complexity index is 1120. The van der Waals surface area contributed by atoms with Crippen LogP contribution in [-0.2, 0) is 22.6 Å². The van der Waals surface area contributed by atoms with Gasteiger partial charge in [0, 0.05) is 31.6 Å². The minimum Gasteiger partial charge on any atom is -0.497 e. The van der Waals surface area contributed by atoms with Gasteiger partial charge in [-0.15, -0.1) is 6.58 Å². The highest BCUT2D eigenvalue weighted by atomic mass is 16.5. The van der Waals surface area contributed by atoms with E-state index >= 15 is 0 Å². The predicted octanol–water partition coefficient (Wildman–Crippen LogP) is 4.67. The molecule has 0 aliphatic rings. The van der Waals surface area contributed by atoms with Gasteiger partial charge in [0.2, 0.25) is 11.8 Å². The van der Waals surface area contributed by atoms with Gasteiger partial charge in [-0.1, -0.05) is 75.8 Å². The number of likely N-dealkylation sites (N-methyl/N-ethyl adjacent to an activating group) is 1. The zero-order chi connectivity index (χ0) is 30.9. The minimum atomic E-state index is -0.911. The van der Waals surface area contributed by atoms with Gasteiger partial charge in [-0.05, 0) is 43.0 Å². The lowest BCUT2D eigenvalue weighted by Crippen LogP contribution is -2.55. The molecule has 230 valence electrons. The van der Waals surface area contributed by atoms with E-state index < -0.39 is 18.2 Å². The van der Waals surface area contributed by atoms with Crippen molar-refractivity contribution >= 4 is 11.8 Å². The quantitative estimate of drug-likeness (QED) is 0.197. The third-order valence-corrected chi connectivity index (χ3v) is 7.30. The summed E-state index contributed by atoms with van der Waals surface area (Å²) in [5, 5.41) is 17.6. The molecule has 0 aromatic heterocycles. The van der Waals surface area contributed by atoms with E-state index in [1.807, 2.05) is 55.5 Å². The van der Waals surface area contributed by atoms with Gasteiger partial charge < -0.3 is 30.1 Å². The number of nitrogens with zero attached hydrogens (tertiary/aromatic N) is 1. The summed E-state index contributed by atoms with van der Waals surface area (Å²) in [5.41, 5.74) is 1.85. The number of nitrogens with one attached hydrogen (secondary N) is 2. The second-order valence-electron chi connectivity index (χ2n) is 10.6. The molecule has 0 saturated carbocycles. The number of hydrogen-bond acceptors (Lipinski definition) is 6. The molecule has 2 amide bonds. The first-order valence-corrected chi connectivity index (χ1v) is 14.8. The third kappa shape index (κ3) is 11.0. The Morgan fingerprint density at radius 1 is 1.12 bits per heavy atom. The van der Waals surface area contributed by atoms with Gasteiger partial charge in [0.05, 0.1) is 19.3 Å². The summed E-state index contributed by atoms with van der Waals surface area (Å²) < 4.78 is 11.1. The van der Waals surface area contributed by atoms with Gasteiger partial charge >= 0.3 is 0 Å². The van der Waals surface area contributed by atoms with E-state index in [-0.39, 0.29) is 24.3 Å². The molecular weight excluding hydrogens is 530 g/mol. The Labute approximate surface area is 251 Å². The van der Waals surface area contributed by atoms with E-state index in [2.05, 4.69) is 30.7 Å². The molecule has 2 aromatic carbocycles. The lowest BCUT2D eigenvalue weighted by atomic mass is 9.99. The van der Waals surface area contributed by atoms with Crippen molar-refractivity contribution in [1.82, 2.24) is 15.5 Å². The van der Waals surface area contributed by atoms with Crippen LogP contribution >= 0.6 is 0 Å². The molecule has 0 fully saturated rings. The molecule has 3 N–H and O–H groups in total. The average Bonchev–Trinajstić information content (AvgIpc) is 3.00. The van der Waals surface area contributed by atoms with Crippen molar-refractivity contribution in [2.75, 3.05) is 27.3 Å². The summed E-state index contributed by atoms with van der Waals surface area (Å²) >= 11 is 0. The number of ether oxygens (including phenoxy) is 2. The number of unbranched alkanes of at least 4 members (excludes halogenated alkanes) is 1. The number of aliphatic hydroxyl groups is 1. The first-order chi connectivity index (χ1) is 20.2. The summed E-state index contributed by atoms with van der Waals surface area (Å²) in [7, 11) is 3.27. The van der Waals surface area contributed by atoms with Crippen molar-refractivity contribution in [1.29, 1.82) is 0 Å². The minimum absolute atomic E-state index is 0.0694. The van der Waals surface area contributed by atoms with Crippen LogP contribution in [0.15, 0.2) is 73.8 Å². The van der Waals surface area contributed by atoms with Crippen molar-refractivity contribution in [3.05, 3.63) is 85.0 Å². The summed E-state index contributed by atoms with van der Waals surface area (Å²) in [6, 6.07) is 13.9. The van der Waals surface area contributed by atoms with Crippen LogP contribution in [0.3, 0.4) is 0 Å². The van der Waals surface area contributed by atoms with Crippen molar-refractivity contribution in [2.45, 2.75) is 70.7 Å². The maximum Gasteiger partial charge on any atom is 0.243 e. The van der Waals surface area contributed by atoms with Crippen LogP contribution in [0.5, 0.6) is 11.5 Å². The summed E-state index contributed by atoms with van der Waals surface area (Å²) in [6.07, 6.45) is 5.88. The standard InChI is InChI=1S/C34H49N3O5/c1-7-10-15-25(4)34(40)37(5)30(14-8-2)33(39)36-29(21-26-16-12-11-13-17-26)31(38)24-35-23-27-22-28(41-6)18-19-32(27)42-20-9-3/h8-9,11-13,16-19,22,25,29-31,35,38H,2-3,7,10,14-15,20-21,23-24H2,1,4-6H3,(H,36,39)/t25-,29-,30-,31-/m0/s1. The van der Waals surface area contributed by atoms with Crippen molar-refractivity contribution in [3.63, 3.8) is 0 Å². The smallest absolute Gasteiger partial charge is 0.243 e. The number of hydrogen-bond donors (Lipinski definition) is 3. The Balaban J connectivity index is 2.17. The van der Waals surface area contributed by atoms with Crippen molar-refractivity contribution in [2.24, 2.45) is 5.92 Å². The number of amides is 2. The van der Waals surface area contributed by atoms with E-state index in [1.165, 1.54) is 4.90 Å². The van der Waals surface area contributed by atoms with Crippen LogP contribution in [0.25, 0.3) is 0 Å². The van der Waals surface area contributed by atoms with Crippen LogP contribution in [0.1, 0.15) is 50.7 Å². The molecule has 8 heteroatoms. The number of aliphatic hydroxyl groups excluding tert-OH is 1. The number of rotatable bonds is 20. The van der Waals surface area contributed by atoms with Gasteiger partial charge in [0.25, 0.3) is 0 Å². The second-order valence-corrected chi connectivity index (χ2v) is 10.6. The number of methoxy groups -OCH3 is 1. The second kappa shape index (κ2) is 18.7. The fourth-order valence-corrected chi connectivity index (χ4v) is 4.77. The van der Waals surface area contributed by atoms with Crippen LogP contribution in [0.4, 0.5) is 0 Å². The normalized spacial score (nSPS) is 13.7. The van der Waals surface area contributed by atoms with Gasteiger partial charge in [-0.2, -0.15) is 0 Å². The molecule has 2 rings (SSSR count). The highest BCUT2D eigenvalue weighted by Crippen LogP contribution is 2.24. The SMILES string of the molecule is C=CCOc1ccc(OC)cc1CNC[C@H](O)[C@H](Cc1ccccc1)NC(=O)[C@H](CC=C)N(C)C(=O)[C@@H](C)CCCC. The Morgan fingerprint density at radius 2 is 1.86 bits per heavy atom. The van der Waals surface area contributed by atoms with Crippen molar-refractivity contribution < 1.29 is 24.2 Å². The molecule has 0 radical (unpaired) electrons. The monoisotopic (exact) mass is 579 g/mol. The van der Waals surface area contributed by atoms with Crippen LogP contribution in [0.2, 0.25) is 0 Å². The molecule has 42 heavy (non-hydrogen) atoms. The summed E-state index contributed by atoms with van der Waals surface area (Å²) in [5.74, 6) is 0.826. The van der Waals surface area contributed by atoms with Gasteiger partial charge in [0.1, 0.15) is 24.1 Å². The molecule has 0 aliphatic carbocycles. The van der Waals surface area contributed by atoms with Crippen molar-refractivity contribution in [3.8, 4) is 11.5 Å². The Morgan fingerprint density at radius 3 is 2.50 bits per heavy atom. The molecule has 2 aromatic rings. The zero-order valence-electron chi connectivity index (χ0n) is 25.7. The van der Waals surface area contributed by atoms with E-state index in [1.54, 1.807) is 26.3 Å². The maximum absolute atomic E-state index is 13.6. The molecule has 0 bridgehead atoms. The van der Waals surface area contributed by atoms with E-state index in [9.17, 15) is 14.7 Å². The van der Waals surface area contributed by atoms with Gasteiger partial charge in [0.15, 0.2) is 0 Å². The molecule has 0 spiro atoms. The third-order valence-electron chi connectivity index (χ3n) is 7.30. The lowest BCUT2D eigenvalue weighted by Gasteiger charge is -2.32. The topological polar surface area (TPSA) is 100 Å². The molecule has 0 heterocycles. The van der Waals surface area contributed by atoms with Crippen LogP contribution in [-0.4, -0.2) is 67.3 Å².